The summed E-state index contributed by atoms with van der Waals surface area (Å²) in [7, 11) is 0. The van der Waals surface area contributed by atoms with E-state index in [9.17, 15) is 4.79 Å². The van der Waals surface area contributed by atoms with Gasteiger partial charge in [-0.05, 0) is 42.0 Å². The largest absolute Gasteiger partial charge is 0.423 e. The summed E-state index contributed by atoms with van der Waals surface area (Å²) in [6.07, 6.45) is 0. The second kappa shape index (κ2) is 7.29. The Balaban J connectivity index is 0.00000200. The van der Waals surface area contributed by atoms with Gasteiger partial charge in [0.05, 0.1) is 17.2 Å². The van der Waals surface area contributed by atoms with Gasteiger partial charge in [0, 0.05) is 6.54 Å². The van der Waals surface area contributed by atoms with Gasteiger partial charge in [-0.2, -0.15) is 5.26 Å². The third kappa shape index (κ3) is 3.82. The number of hydrogen-bond acceptors (Lipinski definition) is 4. The first kappa shape index (κ1) is 15.7. The Morgan fingerprint density at radius 1 is 1.10 bits per heavy atom. The molecule has 0 saturated carbocycles. The van der Waals surface area contributed by atoms with Crippen molar-refractivity contribution in [2.75, 3.05) is 0 Å². The van der Waals surface area contributed by atoms with E-state index in [1.54, 1.807) is 48.5 Å². The van der Waals surface area contributed by atoms with Crippen LogP contribution in [0.2, 0.25) is 0 Å². The van der Waals surface area contributed by atoms with Gasteiger partial charge in [0.1, 0.15) is 5.75 Å². The average Bonchev–Trinajstić information content (AvgIpc) is 2.48. The molecular formula is C15H13ClN2O2. The summed E-state index contributed by atoms with van der Waals surface area (Å²) < 4.78 is 5.19. The van der Waals surface area contributed by atoms with Crippen molar-refractivity contribution < 1.29 is 9.53 Å². The van der Waals surface area contributed by atoms with E-state index in [0.717, 1.165) is 5.56 Å². The summed E-state index contributed by atoms with van der Waals surface area (Å²) in [5, 5.41) is 8.67. The van der Waals surface area contributed by atoms with Crippen LogP contribution in [0, 0.1) is 11.3 Å². The fourth-order valence-corrected chi connectivity index (χ4v) is 1.54. The van der Waals surface area contributed by atoms with Crippen LogP contribution in [0.25, 0.3) is 0 Å². The summed E-state index contributed by atoms with van der Waals surface area (Å²) in [6, 6.07) is 15.3. The standard InChI is InChI=1S/C15H12N2O2.ClH/c16-9-11-1-5-13(6-2-11)15(18)19-14-7-3-12(10-17)4-8-14;/h1-8H,9,16H2;1H. The van der Waals surface area contributed by atoms with Crippen molar-refractivity contribution in [1.29, 1.82) is 5.26 Å². The van der Waals surface area contributed by atoms with E-state index in [4.69, 9.17) is 15.7 Å². The zero-order valence-electron chi connectivity index (χ0n) is 10.6. The highest BCUT2D eigenvalue weighted by Crippen LogP contribution is 2.14. The molecule has 0 spiro atoms. The molecule has 0 aromatic heterocycles. The Bertz CT molecular complexity index is 616. The molecule has 0 atom stereocenters. The quantitative estimate of drug-likeness (QED) is 0.696. The maximum absolute atomic E-state index is 11.8. The predicted molar refractivity (Wildman–Crippen MR) is 77.7 cm³/mol. The first-order valence-corrected chi connectivity index (χ1v) is 5.74. The van der Waals surface area contributed by atoms with Crippen molar-refractivity contribution in [3.63, 3.8) is 0 Å². The number of esters is 1. The van der Waals surface area contributed by atoms with Gasteiger partial charge in [0.25, 0.3) is 0 Å². The lowest BCUT2D eigenvalue weighted by Gasteiger charge is -2.04. The van der Waals surface area contributed by atoms with Crippen molar-refractivity contribution in [1.82, 2.24) is 0 Å². The van der Waals surface area contributed by atoms with E-state index in [1.165, 1.54) is 0 Å². The minimum atomic E-state index is -0.437. The molecular weight excluding hydrogens is 276 g/mol. The Kier molecular flexibility index (Phi) is 5.73. The smallest absolute Gasteiger partial charge is 0.343 e. The summed E-state index contributed by atoms with van der Waals surface area (Å²) in [5.41, 5.74) is 7.42. The molecule has 2 aromatic rings. The molecule has 0 aliphatic heterocycles. The molecule has 4 nitrogen and oxygen atoms in total. The molecule has 0 bridgehead atoms. The lowest BCUT2D eigenvalue weighted by molar-refractivity contribution is 0.0735. The van der Waals surface area contributed by atoms with Gasteiger partial charge < -0.3 is 10.5 Å². The van der Waals surface area contributed by atoms with Gasteiger partial charge >= 0.3 is 5.97 Å². The number of nitrogens with two attached hydrogens (primary N) is 1. The highest BCUT2D eigenvalue weighted by Gasteiger charge is 2.08. The van der Waals surface area contributed by atoms with E-state index in [1.807, 2.05) is 6.07 Å². The Morgan fingerprint density at radius 3 is 2.20 bits per heavy atom. The van der Waals surface area contributed by atoms with Crippen molar-refractivity contribution in [3.8, 4) is 11.8 Å². The van der Waals surface area contributed by atoms with E-state index >= 15 is 0 Å². The molecule has 0 aliphatic rings. The lowest BCUT2D eigenvalue weighted by atomic mass is 10.1. The Labute approximate surface area is 123 Å². The molecule has 0 unspecified atom stereocenters. The van der Waals surface area contributed by atoms with E-state index in [-0.39, 0.29) is 12.4 Å². The van der Waals surface area contributed by atoms with Crippen LogP contribution in [-0.2, 0) is 6.54 Å². The van der Waals surface area contributed by atoms with Crippen LogP contribution in [0.1, 0.15) is 21.5 Å². The van der Waals surface area contributed by atoms with E-state index < -0.39 is 5.97 Å². The zero-order chi connectivity index (χ0) is 13.7. The molecule has 0 radical (unpaired) electrons. The Morgan fingerprint density at radius 2 is 1.70 bits per heavy atom. The number of ether oxygens (including phenoxy) is 1. The first-order chi connectivity index (χ1) is 9.22. The maximum Gasteiger partial charge on any atom is 0.343 e. The zero-order valence-corrected chi connectivity index (χ0v) is 11.4. The van der Waals surface area contributed by atoms with Crippen LogP contribution in [0.3, 0.4) is 0 Å². The summed E-state index contributed by atoms with van der Waals surface area (Å²) >= 11 is 0. The number of benzene rings is 2. The topological polar surface area (TPSA) is 76.1 Å². The second-order valence-corrected chi connectivity index (χ2v) is 3.93. The molecule has 20 heavy (non-hydrogen) atoms. The number of hydrogen-bond donors (Lipinski definition) is 1. The number of rotatable bonds is 3. The van der Waals surface area contributed by atoms with Crippen LogP contribution in [0.5, 0.6) is 5.75 Å². The van der Waals surface area contributed by atoms with Crippen molar-refractivity contribution in [3.05, 3.63) is 65.2 Å². The average molecular weight is 289 g/mol. The van der Waals surface area contributed by atoms with Crippen LogP contribution >= 0.6 is 12.4 Å². The number of nitriles is 1. The van der Waals surface area contributed by atoms with Crippen molar-refractivity contribution in [2.45, 2.75) is 6.54 Å². The van der Waals surface area contributed by atoms with Gasteiger partial charge in [0.15, 0.2) is 0 Å². The molecule has 0 amide bonds. The summed E-state index contributed by atoms with van der Waals surface area (Å²) in [5.74, 6) is -0.0276. The van der Waals surface area contributed by atoms with E-state index in [2.05, 4.69) is 0 Å². The third-order valence-corrected chi connectivity index (χ3v) is 2.62. The minimum absolute atomic E-state index is 0. The molecule has 2 N–H and O–H groups in total. The number of carbonyl (C=O) groups excluding carboxylic acids is 1. The van der Waals surface area contributed by atoms with Crippen molar-refractivity contribution in [2.24, 2.45) is 5.73 Å². The van der Waals surface area contributed by atoms with Gasteiger partial charge in [-0.15, -0.1) is 12.4 Å². The van der Waals surface area contributed by atoms with Crippen LogP contribution in [0.4, 0.5) is 0 Å². The summed E-state index contributed by atoms with van der Waals surface area (Å²) in [4.78, 5) is 11.8. The molecule has 2 aromatic carbocycles. The minimum Gasteiger partial charge on any atom is -0.423 e. The number of halogens is 1. The molecule has 2 rings (SSSR count). The van der Waals surface area contributed by atoms with Crippen molar-refractivity contribution >= 4 is 18.4 Å². The molecule has 5 heteroatoms. The van der Waals surface area contributed by atoms with Gasteiger partial charge in [0.2, 0.25) is 0 Å². The van der Waals surface area contributed by atoms with E-state index in [0.29, 0.717) is 23.4 Å². The maximum atomic E-state index is 11.8. The van der Waals surface area contributed by atoms with Crippen LogP contribution in [-0.4, -0.2) is 5.97 Å². The first-order valence-electron chi connectivity index (χ1n) is 5.74. The molecule has 0 fully saturated rings. The van der Waals surface area contributed by atoms with Gasteiger partial charge in [-0.1, -0.05) is 12.1 Å². The number of nitrogens with zero attached hydrogens (tertiary/aromatic N) is 1. The fourth-order valence-electron chi connectivity index (χ4n) is 1.54. The van der Waals surface area contributed by atoms with Crippen LogP contribution in [0.15, 0.2) is 48.5 Å². The van der Waals surface area contributed by atoms with Crippen LogP contribution < -0.4 is 10.5 Å². The monoisotopic (exact) mass is 288 g/mol. The fraction of sp³-hybridized carbons (Fsp3) is 0.0667. The highest BCUT2D eigenvalue weighted by atomic mass is 35.5. The summed E-state index contributed by atoms with van der Waals surface area (Å²) in [6.45, 7) is 0.435. The molecule has 102 valence electrons. The second-order valence-electron chi connectivity index (χ2n) is 3.93. The van der Waals surface area contributed by atoms with Gasteiger partial charge in [-0.3, -0.25) is 0 Å². The lowest BCUT2D eigenvalue weighted by Crippen LogP contribution is -2.08. The normalized spacial score (nSPS) is 9.20. The predicted octanol–water partition coefficient (Wildman–Crippen LogP) is 2.66. The Hall–Kier alpha value is -2.35. The molecule has 0 aliphatic carbocycles. The van der Waals surface area contributed by atoms with Gasteiger partial charge in [-0.25, -0.2) is 4.79 Å². The third-order valence-electron chi connectivity index (χ3n) is 2.62. The molecule has 0 heterocycles. The molecule has 0 saturated heterocycles. The highest BCUT2D eigenvalue weighted by molar-refractivity contribution is 5.91. The number of carbonyl (C=O) groups is 1. The SMILES string of the molecule is Cl.N#Cc1ccc(OC(=O)c2ccc(CN)cc2)cc1.